The van der Waals surface area contributed by atoms with E-state index in [9.17, 15) is 9.59 Å². The Labute approximate surface area is 104 Å². The van der Waals surface area contributed by atoms with Crippen LogP contribution < -0.4 is 5.32 Å². The predicted molar refractivity (Wildman–Crippen MR) is 68.4 cm³/mol. The van der Waals surface area contributed by atoms with Crippen LogP contribution in [0.15, 0.2) is 41.9 Å². The van der Waals surface area contributed by atoms with E-state index in [2.05, 4.69) is 5.32 Å². The van der Waals surface area contributed by atoms with Crippen molar-refractivity contribution in [1.82, 2.24) is 4.90 Å². The lowest BCUT2D eigenvalue weighted by Crippen LogP contribution is -2.36. The molecule has 0 saturated heterocycles. The van der Waals surface area contributed by atoms with Crippen molar-refractivity contribution in [1.29, 1.82) is 0 Å². The Hall–Kier alpha value is -1.75. The first-order valence-corrected chi connectivity index (χ1v) is 6.23. The molecule has 0 radical (unpaired) electrons. The average Bonchev–Trinajstić information content (AvgIpc) is 2.33. The standard InChI is InChI=1S/C12H12N2O2S/c15-11(13-10-4-2-1-3-5-10)8-14-6-7-17-9-12(14)16/h1-7H,8-9H2,(H,13,15). The molecule has 0 bridgehead atoms. The minimum atomic E-state index is -0.193. The summed E-state index contributed by atoms with van der Waals surface area (Å²) in [6.07, 6.45) is 1.64. The Morgan fingerprint density at radius 2 is 2.12 bits per heavy atom. The molecule has 0 atom stereocenters. The first kappa shape index (κ1) is 11.7. The fourth-order valence-corrected chi connectivity index (χ4v) is 2.06. The van der Waals surface area contributed by atoms with Crippen molar-refractivity contribution in [2.24, 2.45) is 0 Å². The van der Waals surface area contributed by atoms with Crippen LogP contribution in [0.3, 0.4) is 0 Å². The molecule has 0 spiro atoms. The van der Waals surface area contributed by atoms with Crippen LogP contribution in [-0.2, 0) is 9.59 Å². The first-order chi connectivity index (χ1) is 8.25. The summed E-state index contributed by atoms with van der Waals surface area (Å²) < 4.78 is 0. The van der Waals surface area contributed by atoms with E-state index in [1.54, 1.807) is 6.20 Å². The third kappa shape index (κ3) is 3.35. The van der Waals surface area contributed by atoms with Gasteiger partial charge in [0.25, 0.3) is 0 Å². The molecule has 2 rings (SSSR count). The van der Waals surface area contributed by atoms with Crippen molar-refractivity contribution in [2.45, 2.75) is 0 Å². The SMILES string of the molecule is O=C(CN1C=CSCC1=O)Nc1ccccc1. The van der Waals surface area contributed by atoms with Gasteiger partial charge in [-0.3, -0.25) is 9.59 Å². The fraction of sp³-hybridized carbons (Fsp3) is 0.167. The van der Waals surface area contributed by atoms with Gasteiger partial charge >= 0.3 is 0 Å². The summed E-state index contributed by atoms with van der Waals surface area (Å²) in [6, 6.07) is 9.18. The van der Waals surface area contributed by atoms with E-state index in [-0.39, 0.29) is 18.4 Å². The van der Waals surface area contributed by atoms with Crippen molar-refractivity contribution in [3.05, 3.63) is 41.9 Å². The Morgan fingerprint density at radius 1 is 1.35 bits per heavy atom. The van der Waals surface area contributed by atoms with Crippen LogP contribution in [-0.4, -0.2) is 29.0 Å². The van der Waals surface area contributed by atoms with Gasteiger partial charge in [0, 0.05) is 11.9 Å². The van der Waals surface area contributed by atoms with Crippen LogP contribution in [0.25, 0.3) is 0 Å². The van der Waals surface area contributed by atoms with Crippen molar-refractivity contribution in [2.75, 3.05) is 17.6 Å². The highest BCUT2D eigenvalue weighted by Crippen LogP contribution is 2.12. The molecule has 0 fully saturated rings. The van der Waals surface area contributed by atoms with Crippen molar-refractivity contribution >= 4 is 29.3 Å². The largest absolute Gasteiger partial charge is 0.325 e. The van der Waals surface area contributed by atoms with Crippen molar-refractivity contribution in [3.8, 4) is 0 Å². The molecule has 1 aromatic rings. The molecular weight excluding hydrogens is 236 g/mol. The van der Waals surface area contributed by atoms with Crippen molar-refractivity contribution < 1.29 is 9.59 Å². The number of anilines is 1. The number of rotatable bonds is 3. The second kappa shape index (κ2) is 5.54. The van der Waals surface area contributed by atoms with Gasteiger partial charge in [-0.05, 0) is 17.5 Å². The molecule has 0 aromatic heterocycles. The number of benzene rings is 1. The number of hydrogen-bond acceptors (Lipinski definition) is 3. The van der Waals surface area contributed by atoms with E-state index < -0.39 is 0 Å². The summed E-state index contributed by atoms with van der Waals surface area (Å²) in [5.41, 5.74) is 0.736. The molecule has 4 nitrogen and oxygen atoms in total. The Morgan fingerprint density at radius 3 is 2.82 bits per heavy atom. The number of hydrogen-bond donors (Lipinski definition) is 1. The molecule has 0 aliphatic carbocycles. The summed E-state index contributed by atoms with van der Waals surface area (Å²) >= 11 is 1.43. The molecule has 2 amide bonds. The molecule has 1 aromatic carbocycles. The van der Waals surface area contributed by atoms with Gasteiger partial charge < -0.3 is 10.2 Å². The van der Waals surface area contributed by atoms with Gasteiger partial charge in [0.2, 0.25) is 11.8 Å². The zero-order chi connectivity index (χ0) is 12.1. The summed E-state index contributed by atoms with van der Waals surface area (Å²) in [7, 11) is 0. The van der Waals surface area contributed by atoms with E-state index in [1.165, 1.54) is 16.7 Å². The van der Waals surface area contributed by atoms with Gasteiger partial charge in [0.15, 0.2) is 0 Å². The van der Waals surface area contributed by atoms with Crippen LogP contribution in [0, 0.1) is 0 Å². The maximum absolute atomic E-state index is 11.7. The minimum absolute atomic E-state index is 0.0410. The number of carbonyl (C=O) groups excluding carboxylic acids is 2. The van der Waals surface area contributed by atoms with Crippen LogP contribution in [0.1, 0.15) is 0 Å². The highest BCUT2D eigenvalue weighted by molar-refractivity contribution is 8.02. The van der Waals surface area contributed by atoms with Gasteiger partial charge in [0.1, 0.15) is 6.54 Å². The lowest BCUT2D eigenvalue weighted by molar-refractivity contribution is -0.129. The van der Waals surface area contributed by atoms with Crippen LogP contribution >= 0.6 is 11.8 Å². The smallest absolute Gasteiger partial charge is 0.244 e. The van der Waals surface area contributed by atoms with Gasteiger partial charge in [-0.25, -0.2) is 0 Å². The maximum Gasteiger partial charge on any atom is 0.244 e. The maximum atomic E-state index is 11.7. The van der Waals surface area contributed by atoms with Gasteiger partial charge in [-0.2, -0.15) is 0 Å². The molecule has 0 unspecified atom stereocenters. The highest BCUT2D eigenvalue weighted by Gasteiger charge is 2.17. The molecule has 1 N–H and O–H groups in total. The number of nitrogens with one attached hydrogen (secondary N) is 1. The third-order valence-electron chi connectivity index (χ3n) is 2.24. The number of nitrogens with zero attached hydrogens (tertiary/aromatic N) is 1. The van der Waals surface area contributed by atoms with E-state index in [0.29, 0.717) is 5.75 Å². The fourth-order valence-electron chi connectivity index (χ4n) is 1.42. The Bertz CT molecular complexity index is 445. The number of para-hydroxylation sites is 1. The summed E-state index contributed by atoms with van der Waals surface area (Å²) in [4.78, 5) is 24.6. The van der Waals surface area contributed by atoms with E-state index >= 15 is 0 Å². The molecule has 0 saturated carbocycles. The third-order valence-corrected chi connectivity index (χ3v) is 2.96. The van der Waals surface area contributed by atoms with Gasteiger partial charge in [-0.1, -0.05) is 18.2 Å². The second-order valence-corrected chi connectivity index (χ2v) is 4.43. The Kier molecular flexibility index (Phi) is 3.82. The Balaban J connectivity index is 1.91. The van der Waals surface area contributed by atoms with Gasteiger partial charge in [0.05, 0.1) is 5.75 Å². The number of amides is 2. The predicted octanol–water partition coefficient (Wildman–Crippen LogP) is 1.67. The second-order valence-electron chi connectivity index (χ2n) is 3.53. The van der Waals surface area contributed by atoms with Gasteiger partial charge in [-0.15, -0.1) is 11.8 Å². The summed E-state index contributed by atoms with van der Waals surface area (Å²) in [5.74, 6) is 0.163. The van der Waals surface area contributed by atoms with E-state index in [4.69, 9.17) is 0 Å². The molecular formula is C12H12N2O2S. The topological polar surface area (TPSA) is 49.4 Å². The molecule has 1 aliphatic heterocycles. The summed E-state index contributed by atoms with van der Waals surface area (Å²) in [6.45, 7) is 0.0603. The number of carbonyl (C=O) groups is 2. The zero-order valence-corrected chi connectivity index (χ0v) is 9.94. The van der Waals surface area contributed by atoms with E-state index in [0.717, 1.165) is 5.69 Å². The number of thioether (sulfide) groups is 1. The van der Waals surface area contributed by atoms with E-state index in [1.807, 2.05) is 35.7 Å². The molecule has 1 aliphatic rings. The lowest BCUT2D eigenvalue weighted by atomic mass is 10.3. The molecule has 1 heterocycles. The lowest BCUT2D eigenvalue weighted by Gasteiger charge is -2.20. The molecule has 17 heavy (non-hydrogen) atoms. The molecule has 88 valence electrons. The molecule has 5 heteroatoms. The quantitative estimate of drug-likeness (QED) is 0.885. The monoisotopic (exact) mass is 248 g/mol. The average molecular weight is 248 g/mol. The summed E-state index contributed by atoms with van der Waals surface area (Å²) in [5, 5.41) is 4.55. The minimum Gasteiger partial charge on any atom is -0.325 e. The normalized spacial score (nSPS) is 14.8. The zero-order valence-electron chi connectivity index (χ0n) is 9.13. The first-order valence-electron chi connectivity index (χ1n) is 5.18. The highest BCUT2D eigenvalue weighted by atomic mass is 32.2. The van der Waals surface area contributed by atoms with Crippen LogP contribution in [0.5, 0.6) is 0 Å². The van der Waals surface area contributed by atoms with Crippen LogP contribution in [0.2, 0.25) is 0 Å². The van der Waals surface area contributed by atoms with Crippen molar-refractivity contribution in [3.63, 3.8) is 0 Å². The van der Waals surface area contributed by atoms with Crippen LogP contribution in [0.4, 0.5) is 5.69 Å².